The third kappa shape index (κ3) is 16.9. The normalized spacial score (nSPS) is 14.5. The molecule has 2 aromatic rings. The minimum absolute atomic E-state index is 0.819. The van der Waals surface area contributed by atoms with Crippen LogP contribution in [0.15, 0.2) is 39.7 Å². The van der Waals surface area contributed by atoms with Gasteiger partial charge >= 0.3 is 44.1 Å². The third-order valence-corrected chi connectivity index (χ3v) is 13.8. The summed E-state index contributed by atoms with van der Waals surface area (Å²) in [7, 11) is -2.23. The zero-order valence-corrected chi connectivity index (χ0v) is 30.2. The van der Waals surface area contributed by atoms with Crippen molar-refractivity contribution in [2.24, 2.45) is 0 Å². The number of hydrogen-bond acceptors (Lipinski definition) is 10. The standard InChI is InChI=1S/C16F24N2S10/c17-9(18,19)43-1-2(44-10(20,21)22)6(48-14(32,33)34)41(5(1)47-13(29,30)31)51-52-42-7(49-15(35,36)37)3(45-11(23,24)25)4(46-12(26,27)28)8(42)50-16(38,39)40. The van der Waals surface area contributed by atoms with Crippen molar-refractivity contribution in [2.75, 3.05) is 0 Å². The number of nitrogens with zero attached hydrogens (tertiary/aromatic N) is 2. The van der Waals surface area contributed by atoms with E-state index in [-0.39, 0.29) is 0 Å². The highest BCUT2D eigenvalue weighted by Gasteiger charge is 2.48. The molecule has 2 nitrogen and oxygen atoms in total. The van der Waals surface area contributed by atoms with E-state index in [4.69, 9.17) is 0 Å². The van der Waals surface area contributed by atoms with Gasteiger partial charge in [0.05, 0.1) is 41.5 Å². The van der Waals surface area contributed by atoms with E-state index in [9.17, 15) is 105 Å². The Bertz CT molecular complexity index is 1310. The van der Waals surface area contributed by atoms with Gasteiger partial charge in [0, 0.05) is 47.0 Å². The van der Waals surface area contributed by atoms with Crippen molar-refractivity contribution in [2.45, 2.75) is 83.8 Å². The molecule has 0 aliphatic heterocycles. The molecule has 0 saturated carbocycles. The molecule has 52 heavy (non-hydrogen) atoms. The molecule has 0 N–H and O–H groups in total. The van der Waals surface area contributed by atoms with Gasteiger partial charge in [-0.25, -0.2) is 0 Å². The van der Waals surface area contributed by atoms with Crippen molar-refractivity contribution in [1.29, 1.82) is 0 Å². The van der Waals surface area contributed by atoms with E-state index in [1.165, 1.54) is 0 Å². The Morgan fingerprint density at radius 3 is 0.481 bits per heavy atom. The summed E-state index contributed by atoms with van der Waals surface area (Å²) in [6, 6.07) is 0. The number of alkyl halides is 24. The van der Waals surface area contributed by atoms with Crippen molar-refractivity contribution in [3.8, 4) is 0 Å². The van der Waals surface area contributed by atoms with Crippen LogP contribution >= 0.6 is 116 Å². The van der Waals surface area contributed by atoms with Crippen LogP contribution < -0.4 is 0 Å². The number of thioether (sulfide) groups is 8. The monoisotopic (exact) mass is 996 g/mol. The first-order chi connectivity index (χ1) is 22.7. The second-order valence-electron chi connectivity index (χ2n) is 7.66. The Morgan fingerprint density at radius 1 is 0.231 bits per heavy atom. The third-order valence-electron chi connectivity index (χ3n) is 3.83. The van der Waals surface area contributed by atoms with E-state index in [0.717, 1.165) is 0 Å². The Kier molecular flexibility index (Phi) is 15.6. The molecule has 0 aliphatic carbocycles. The molecule has 0 saturated heterocycles. The molecule has 36 heteroatoms. The highest BCUT2D eigenvalue weighted by atomic mass is 33.1. The molecular weight excluding hydrogens is 997 g/mol. The minimum atomic E-state index is -5.93. The molecule has 0 atom stereocenters. The van der Waals surface area contributed by atoms with E-state index >= 15 is 0 Å². The van der Waals surface area contributed by atoms with Crippen LogP contribution in [0.3, 0.4) is 0 Å². The maximum atomic E-state index is 13.5. The zero-order valence-electron chi connectivity index (χ0n) is 22.0. The van der Waals surface area contributed by atoms with Crippen LogP contribution in [-0.4, -0.2) is 52.0 Å². The maximum Gasteiger partial charge on any atom is 0.447 e. The van der Waals surface area contributed by atoms with E-state index < -0.39 is 208 Å². The Labute approximate surface area is 311 Å². The lowest BCUT2D eigenvalue weighted by Crippen LogP contribution is -2.07. The molecule has 302 valence electrons. The fourth-order valence-electron chi connectivity index (χ4n) is 2.76. The summed E-state index contributed by atoms with van der Waals surface area (Å²) in [5.41, 5.74) is -47.4. The van der Waals surface area contributed by atoms with Crippen molar-refractivity contribution >= 4 is 116 Å². The first kappa shape index (κ1) is 48.5. The van der Waals surface area contributed by atoms with Gasteiger partial charge in [-0.3, -0.25) is 7.94 Å². The molecule has 0 fully saturated rings. The summed E-state index contributed by atoms with van der Waals surface area (Å²) in [6.45, 7) is 0. The lowest BCUT2D eigenvalue weighted by atomic mass is 10.6. The summed E-state index contributed by atoms with van der Waals surface area (Å²) in [4.78, 5) is -9.16. The first-order valence-electron chi connectivity index (χ1n) is 10.7. The smallest absolute Gasteiger partial charge is 0.259 e. The Balaban J connectivity index is 3.17. The summed E-state index contributed by atoms with van der Waals surface area (Å²) < 4.78 is 321. The van der Waals surface area contributed by atoms with Crippen molar-refractivity contribution < 1.29 is 105 Å². The lowest BCUT2D eigenvalue weighted by molar-refractivity contribution is -0.0354. The summed E-state index contributed by atoms with van der Waals surface area (Å²) in [5.74, 6) is 0. The van der Waals surface area contributed by atoms with Crippen LogP contribution in [0.1, 0.15) is 0 Å². The van der Waals surface area contributed by atoms with E-state index in [1.807, 2.05) is 0 Å². The minimum Gasteiger partial charge on any atom is -0.259 e. The Morgan fingerprint density at radius 2 is 0.365 bits per heavy atom. The van der Waals surface area contributed by atoms with Gasteiger partial charge in [-0.05, 0) is 47.0 Å². The first-order valence-corrected chi connectivity index (χ1v) is 19.3. The van der Waals surface area contributed by atoms with Crippen molar-refractivity contribution in [3.05, 3.63) is 0 Å². The largest absolute Gasteiger partial charge is 0.447 e. The fourth-order valence-corrected chi connectivity index (χ4v) is 13.1. The van der Waals surface area contributed by atoms with Crippen LogP contribution in [0.25, 0.3) is 0 Å². The second kappa shape index (κ2) is 16.7. The lowest BCUT2D eigenvalue weighted by Gasteiger charge is -2.17. The Hall–Kier alpha value is 0.380. The molecule has 2 rings (SSSR count). The van der Waals surface area contributed by atoms with Crippen molar-refractivity contribution in [3.63, 3.8) is 0 Å². The number of hydrogen-bond donors (Lipinski definition) is 0. The molecule has 0 amide bonds. The predicted molar refractivity (Wildman–Crippen MR) is 150 cm³/mol. The number of rotatable bonds is 11. The van der Waals surface area contributed by atoms with Gasteiger partial charge in [-0.2, -0.15) is 105 Å². The maximum absolute atomic E-state index is 13.5. The SMILES string of the molecule is FC(F)(F)Sc1c(SC(F)(F)F)c(SC(F)(F)F)n(SSn2c(SC(F)(F)F)c(SC(F)(F)F)c(SC(F)(F)F)c2SC(F)(F)F)c1SC(F)(F)F. The number of aromatic nitrogens is 2. The molecule has 2 heterocycles. The zero-order chi connectivity index (χ0) is 40.8. The highest BCUT2D eigenvalue weighted by Crippen LogP contribution is 2.63. The number of halogens is 24. The van der Waals surface area contributed by atoms with Gasteiger partial charge in [0.25, 0.3) is 0 Å². The predicted octanol–water partition coefficient (Wildman–Crippen LogP) is 15.8. The summed E-state index contributed by atoms with van der Waals surface area (Å²) >= 11 is -15.0. The highest BCUT2D eigenvalue weighted by molar-refractivity contribution is 8.75. The van der Waals surface area contributed by atoms with Crippen molar-refractivity contribution in [1.82, 2.24) is 7.94 Å². The second-order valence-corrected chi connectivity index (χ2v) is 18.1. The van der Waals surface area contributed by atoms with Gasteiger partial charge in [0.1, 0.15) is 20.1 Å². The summed E-state index contributed by atoms with van der Waals surface area (Å²) in [6.07, 6.45) is 0. The van der Waals surface area contributed by atoms with Crippen LogP contribution in [-0.2, 0) is 0 Å². The quantitative estimate of drug-likeness (QED) is 0.122. The topological polar surface area (TPSA) is 9.86 Å². The van der Waals surface area contributed by atoms with E-state index in [0.29, 0.717) is 0 Å². The van der Waals surface area contributed by atoms with Gasteiger partial charge in [0.2, 0.25) is 0 Å². The molecule has 0 radical (unpaired) electrons. The average molecular weight is 997 g/mol. The molecule has 0 aromatic carbocycles. The molecule has 2 aromatic heterocycles. The summed E-state index contributed by atoms with van der Waals surface area (Å²) in [5, 5.41) is -9.10. The van der Waals surface area contributed by atoms with Gasteiger partial charge in [0.15, 0.2) is 0 Å². The van der Waals surface area contributed by atoms with Gasteiger partial charge in [-0.15, -0.1) is 0 Å². The van der Waals surface area contributed by atoms with Crippen LogP contribution in [0.4, 0.5) is 105 Å². The molecular formula is C16F24N2S10. The molecule has 0 spiro atoms. The van der Waals surface area contributed by atoms with Crippen LogP contribution in [0, 0.1) is 0 Å². The van der Waals surface area contributed by atoms with E-state index in [2.05, 4.69) is 0 Å². The van der Waals surface area contributed by atoms with Gasteiger partial charge < -0.3 is 0 Å². The molecule has 0 bridgehead atoms. The fraction of sp³-hybridized carbons (Fsp3) is 0.500. The molecule has 0 unspecified atom stereocenters. The molecule has 0 aliphatic rings. The van der Waals surface area contributed by atoms with Crippen LogP contribution in [0.2, 0.25) is 0 Å². The van der Waals surface area contributed by atoms with Gasteiger partial charge in [-0.1, -0.05) is 0 Å². The average Bonchev–Trinajstić information content (AvgIpc) is 3.16. The van der Waals surface area contributed by atoms with E-state index in [1.54, 1.807) is 0 Å². The van der Waals surface area contributed by atoms with Crippen LogP contribution in [0.5, 0.6) is 0 Å².